The van der Waals surface area contributed by atoms with Crippen molar-refractivity contribution in [1.29, 1.82) is 0 Å². The van der Waals surface area contributed by atoms with E-state index in [1.807, 2.05) is 24.3 Å². The van der Waals surface area contributed by atoms with E-state index in [0.717, 1.165) is 11.3 Å². The molecule has 1 aliphatic rings. The van der Waals surface area contributed by atoms with Gasteiger partial charge in [0.1, 0.15) is 5.75 Å². The molecule has 2 rings (SSSR count). The number of methoxy groups -OCH3 is 1. The lowest BCUT2D eigenvalue weighted by molar-refractivity contribution is -0.135. The van der Waals surface area contributed by atoms with Crippen LogP contribution in [0.25, 0.3) is 0 Å². The number of carbonyl (C=O) groups excluding carboxylic acids is 1. The van der Waals surface area contributed by atoms with E-state index in [4.69, 9.17) is 14.3 Å². The zero-order chi connectivity index (χ0) is 13.0. The molecule has 0 N–H and O–H groups in total. The summed E-state index contributed by atoms with van der Waals surface area (Å²) < 4.78 is 10.1. The fourth-order valence-corrected chi connectivity index (χ4v) is 1.81. The van der Waals surface area contributed by atoms with Crippen molar-refractivity contribution in [3.8, 4) is 5.75 Å². The maximum absolute atomic E-state index is 11.5. The van der Waals surface area contributed by atoms with Gasteiger partial charge in [-0.05, 0) is 13.0 Å². The summed E-state index contributed by atoms with van der Waals surface area (Å²) in [6.07, 6.45) is 0.111. The standard InChI is InChI=1S/C13H15NO4/c1-3-17-13(15)10-8-12(18-14-10)9-6-4-5-7-11(9)16-2/h4-7,12H,3,8H2,1-2H3. The van der Waals surface area contributed by atoms with Crippen LogP contribution >= 0.6 is 0 Å². The van der Waals surface area contributed by atoms with Crippen LogP contribution in [0.5, 0.6) is 5.75 Å². The Morgan fingerprint density at radius 2 is 2.28 bits per heavy atom. The Kier molecular flexibility index (Phi) is 3.82. The second-order valence-corrected chi connectivity index (χ2v) is 3.80. The molecule has 5 heteroatoms. The fraction of sp³-hybridized carbons (Fsp3) is 0.385. The number of para-hydroxylation sites is 1. The van der Waals surface area contributed by atoms with Crippen LogP contribution in [0.3, 0.4) is 0 Å². The largest absolute Gasteiger partial charge is 0.496 e. The molecule has 1 heterocycles. The zero-order valence-corrected chi connectivity index (χ0v) is 10.4. The summed E-state index contributed by atoms with van der Waals surface area (Å²) in [6, 6.07) is 7.52. The maximum Gasteiger partial charge on any atom is 0.356 e. The number of nitrogens with zero attached hydrogens (tertiary/aromatic N) is 1. The molecule has 0 bridgehead atoms. The molecule has 18 heavy (non-hydrogen) atoms. The monoisotopic (exact) mass is 249 g/mol. The number of carbonyl (C=O) groups is 1. The van der Waals surface area contributed by atoms with Crippen molar-refractivity contribution >= 4 is 11.7 Å². The molecule has 0 fully saturated rings. The van der Waals surface area contributed by atoms with Gasteiger partial charge in [0.05, 0.1) is 13.7 Å². The highest BCUT2D eigenvalue weighted by Gasteiger charge is 2.29. The van der Waals surface area contributed by atoms with E-state index in [-0.39, 0.29) is 6.10 Å². The number of oxime groups is 1. The van der Waals surface area contributed by atoms with Crippen molar-refractivity contribution in [1.82, 2.24) is 0 Å². The predicted octanol–water partition coefficient (Wildman–Crippen LogP) is 2.08. The Morgan fingerprint density at radius 3 is 3.00 bits per heavy atom. The molecule has 0 aliphatic carbocycles. The molecule has 0 amide bonds. The highest BCUT2D eigenvalue weighted by molar-refractivity contribution is 6.36. The second-order valence-electron chi connectivity index (χ2n) is 3.80. The lowest BCUT2D eigenvalue weighted by Crippen LogP contribution is -2.16. The Bertz CT molecular complexity index is 470. The number of hydrogen-bond acceptors (Lipinski definition) is 5. The summed E-state index contributed by atoms with van der Waals surface area (Å²) in [5, 5.41) is 3.77. The molecule has 0 aromatic heterocycles. The molecule has 96 valence electrons. The third-order valence-corrected chi connectivity index (χ3v) is 2.67. The highest BCUT2D eigenvalue weighted by Crippen LogP contribution is 2.33. The van der Waals surface area contributed by atoms with E-state index in [1.165, 1.54) is 0 Å². The van der Waals surface area contributed by atoms with Crippen LogP contribution < -0.4 is 4.74 Å². The van der Waals surface area contributed by atoms with E-state index >= 15 is 0 Å². The van der Waals surface area contributed by atoms with Gasteiger partial charge < -0.3 is 14.3 Å². The smallest absolute Gasteiger partial charge is 0.356 e. The lowest BCUT2D eigenvalue weighted by Gasteiger charge is -2.12. The molecule has 1 atom stereocenters. The normalized spacial score (nSPS) is 17.9. The molecule has 1 aromatic rings. The molecular formula is C13H15NO4. The molecule has 1 aliphatic heterocycles. The van der Waals surface area contributed by atoms with E-state index < -0.39 is 5.97 Å². The third kappa shape index (κ3) is 2.45. The minimum atomic E-state index is -0.421. The minimum Gasteiger partial charge on any atom is -0.496 e. The van der Waals surface area contributed by atoms with Crippen molar-refractivity contribution in [3.63, 3.8) is 0 Å². The summed E-state index contributed by atoms with van der Waals surface area (Å²) >= 11 is 0. The molecule has 5 nitrogen and oxygen atoms in total. The second kappa shape index (κ2) is 5.53. The van der Waals surface area contributed by atoms with Crippen LogP contribution in [0.4, 0.5) is 0 Å². The Balaban J connectivity index is 2.09. The predicted molar refractivity (Wildman–Crippen MR) is 65.5 cm³/mol. The first-order chi connectivity index (χ1) is 8.76. The molecule has 0 saturated carbocycles. The highest BCUT2D eigenvalue weighted by atomic mass is 16.6. The van der Waals surface area contributed by atoms with Crippen molar-refractivity contribution in [3.05, 3.63) is 29.8 Å². The van der Waals surface area contributed by atoms with Gasteiger partial charge in [0.2, 0.25) is 0 Å². The Morgan fingerprint density at radius 1 is 1.50 bits per heavy atom. The van der Waals surface area contributed by atoms with E-state index in [1.54, 1.807) is 14.0 Å². The first kappa shape index (κ1) is 12.4. The van der Waals surface area contributed by atoms with Gasteiger partial charge in [-0.25, -0.2) is 4.79 Å². The Labute approximate surface area is 105 Å². The van der Waals surface area contributed by atoms with Crippen molar-refractivity contribution < 1.29 is 19.1 Å². The van der Waals surface area contributed by atoms with Crippen molar-refractivity contribution in [2.24, 2.45) is 5.16 Å². The fourth-order valence-electron chi connectivity index (χ4n) is 1.81. The molecule has 0 saturated heterocycles. The molecule has 0 radical (unpaired) electrons. The summed E-state index contributed by atoms with van der Waals surface area (Å²) in [4.78, 5) is 16.8. The van der Waals surface area contributed by atoms with Gasteiger partial charge in [0.15, 0.2) is 11.8 Å². The number of benzene rings is 1. The van der Waals surface area contributed by atoms with Crippen LogP contribution in [-0.2, 0) is 14.4 Å². The summed E-state index contributed by atoms with van der Waals surface area (Å²) in [6.45, 7) is 2.09. The zero-order valence-electron chi connectivity index (χ0n) is 10.4. The maximum atomic E-state index is 11.5. The van der Waals surface area contributed by atoms with Crippen LogP contribution in [0, 0.1) is 0 Å². The van der Waals surface area contributed by atoms with Gasteiger partial charge >= 0.3 is 5.97 Å². The van der Waals surface area contributed by atoms with E-state index in [0.29, 0.717) is 18.7 Å². The quantitative estimate of drug-likeness (QED) is 0.766. The first-order valence-electron chi connectivity index (χ1n) is 5.79. The average Bonchev–Trinajstić information content (AvgIpc) is 2.88. The molecule has 1 aromatic carbocycles. The molecule has 0 spiro atoms. The van der Waals surface area contributed by atoms with Crippen molar-refractivity contribution in [2.75, 3.05) is 13.7 Å². The SMILES string of the molecule is CCOC(=O)C1=NOC(c2ccccc2OC)C1. The number of rotatable bonds is 4. The van der Waals surface area contributed by atoms with Crippen LogP contribution in [0.2, 0.25) is 0 Å². The number of hydrogen-bond donors (Lipinski definition) is 0. The average molecular weight is 249 g/mol. The number of ether oxygens (including phenoxy) is 2. The Hall–Kier alpha value is -2.04. The first-order valence-corrected chi connectivity index (χ1v) is 5.79. The van der Waals surface area contributed by atoms with Crippen LogP contribution in [0.15, 0.2) is 29.4 Å². The third-order valence-electron chi connectivity index (χ3n) is 2.67. The van der Waals surface area contributed by atoms with Gasteiger partial charge in [-0.15, -0.1) is 0 Å². The van der Waals surface area contributed by atoms with Gasteiger partial charge in [0, 0.05) is 12.0 Å². The van der Waals surface area contributed by atoms with Gasteiger partial charge in [-0.1, -0.05) is 23.4 Å². The molecule has 1 unspecified atom stereocenters. The van der Waals surface area contributed by atoms with E-state index in [2.05, 4.69) is 5.16 Å². The van der Waals surface area contributed by atoms with Crippen LogP contribution in [0.1, 0.15) is 25.0 Å². The molecular weight excluding hydrogens is 234 g/mol. The lowest BCUT2D eigenvalue weighted by atomic mass is 10.0. The summed E-state index contributed by atoms with van der Waals surface area (Å²) in [7, 11) is 1.60. The summed E-state index contributed by atoms with van der Waals surface area (Å²) in [5.41, 5.74) is 1.19. The van der Waals surface area contributed by atoms with Crippen LogP contribution in [-0.4, -0.2) is 25.4 Å². The minimum absolute atomic E-state index is 0.291. The van der Waals surface area contributed by atoms with Gasteiger partial charge in [0.25, 0.3) is 0 Å². The summed E-state index contributed by atoms with van der Waals surface area (Å²) in [5.74, 6) is 0.303. The number of esters is 1. The van der Waals surface area contributed by atoms with E-state index in [9.17, 15) is 4.79 Å². The van der Waals surface area contributed by atoms with Gasteiger partial charge in [-0.3, -0.25) is 0 Å². The topological polar surface area (TPSA) is 57.1 Å². The van der Waals surface area contributed by atoms with Gasteiger partial charge in [-0.2, -0.15) is 0 Å². The van der Waals surface area contributed by atoms with Crippen molar-refractivity contribution in [2.45, 2.75) is 19.4 Å².